The standard InChI is InChI=1S/C18H26N6O3.C2HF3O2/c1-13-15(14(2)27-21-13)9-23-6-4-5-18(10-23)11-24(7-8-26-18)17(25)16-19-12-22(3)20-16;3-2(4,5)1(6)7/h12H,4-11H2,1-3H3;(H,6,7). The van der Waals surface area contributed by atoms with E-state index in [2.05, 4.69) is 20.1 Å². The number of amides is 1. The van der Waals surface area contributed by atoms with E-state index in [1.54, 1.807) is 18.1 Å². The molecule has 1 spiro atoms. The van der Waals surface area contributed by atoms with Crippen LogP contribution in [0.3, 0.4) is 0 Å². The minimum atomic E-state index is -5.08. The Balaban J connectivity index is 0.000000406. The first kappa shape index (κ1) is 25.6. The molecule has 2 aliphatic heterocycles. The molecule has 0 saturated carbocycles. The molecular formula is C20H27F3N6O5. The van der Waals surface area contributed by atoms with Crippen LogP contribution < -0.4 is 0 Å². The van der Waals surface area contributed by atoms with Crippen molar-refractivity contribution in [1.29, 1.82) is 0 Å². The van der Waals surface area contributed by atoms with Crippen molar-refractivity contribution >= 4 is 11.9 Å². The molecule has 1 unspecified atom stereocenters. The highest BCUT2D eigenvalue weighted by molar-refractivity contribution is 5.90. The van der Waals surface area contributed by atoms with Crippen molar-refractivity contribution in [2.75, 3.05) is 32.8 Å². The van der Waals surface area contributed by atoms with E-state index in [1.807, 2.05) is 18.7 Å². The Morgan fingerprint density at radius 3 is 2.50 bits per heavy atom. The Labute approximate surface area is 193 Å². The number of likely N-dealkylation sites (tertiary alicyclic amines) is 1. The average molecular weight is 488 g/mol. The van der Waals surface area contributed by atoms with Gasteiger partial charge in [0.15, 0.2) is 0 Å². The van der Waals surface area contributed by atoms with Crippen LogP contribution in [0.15, 0.2) is 10.9 Å². The van der Waals surface area contributed by atoms with E-state index in [0.717, 1.165) is 49.5 Å². The third kappa shape index (κ3) is 6.11. The molecule has 2 aromatic heterocycles. The summed E-state index contributed by atoms with van der Waals surface area (Å²) in [5, 5.41) is 15.3. The first-order valence-electron chi connectivity index (χ1n) is 10.6. The fraction of sp³-hybridized carbons (Fsp3) is 0.650. The maximum Gasteiger partial charge on any atom is 0.490 e. The van der Waals surface area contributed by atoms with Gasteiger partial charge in [0.1, 0.15) is 12.1 Å². The van der Waals surface area contributed by atoms with Gasteiger partial charge in [-0.05, 0) is 33.2 Å². The van der Waals surface area contributed by atoms with Gasteiger partial charge in [0, 0.05) is 32.2 Å². The summed E-state index contributed by atoms with van der Waals surface area (Å²) in [5.41, 5.74) is 1.75. The zero-order valence-corrected chi connectivity index (χ0v) is 19.1. The molecule has 0 bridgehead atoms. The lowest BCUT2D eigenvalue weighted by Gasteiger charge is -2.47. The number of halogens is 3. The van der Waals surface area contributed by atoms with Crippen LogP contribution in [0.5, 0.6) is 0 Å². The van der Waals surface area contributed by atoms with Gasteiger partial charge in [-0.2, -0.15) is 13.2 Å². The summed E-state index contributed by atoms with van der Waals surface area (Å²) in [5.74, 6) is -1.76. The van der Waals surface area contributed by atoms with Gasteiger partial charge >= 0.3 is 12.1 Å². The van der Waals surface area contributed by atoms with Crippen molar-refractivity contribution < 1.29 is 37.1 Å². The fourth-order valence-corrected chi connectivity index (χ4v) is 4.12. The third-order valence-corrected chi connectivity index (χ3v) is 5.75. The molecule has 11 nitrogen and oxygen atoms in total. The second kappa shape index (κ2) is 10.1. The van der Waals surface area contributed by atoms with Crippen LogP contribution in [0.25, 0.3) is 0 Å². The van der Waals surface area contributed by atoms with E-state index in [0.29, 0.717) is 19.7 Å². The largest absolute Gasteiger partial charge is 0.490 e. The number of hydrogen-bond donors (Lipinski definition) is 1. The van der Waals surface area contributed by atoms with Gasteiger partial charge in [0.05, 0.1) is 24.4 Å². The van der Waals surface area contributed by atoms with Crippen LogP contribution in [-0.4, -0.2) is 91.3 Å². The van der Waals surface area contributed by atoms with Crippen LogP contribution >= 0.6 is 0 Å². The van der Waals surface area contributed by atoms with Gasteiger partial charge in [0.25, 0.3) is 5.91 Å². The van der Waals surface area contributed by atoms with Crippen molar-refractivity contribution in [2.45, 2.75) is 45.0 Å². The van der Waals surface area contributed by atoms with Crippen LogP contribution in [0.4, 0.5) is 13.2 Å². The number of rotatable bonds is 3. The molecule has 2 aliphatic rings. The molecular weight excluding hydrogens is 461 g/mol. The molecule has 2 fully saturated rings. The predicted octanol–water partition coefficient (Wildman–Crippen LogP) is 1.56. The first-order valence-corrected chi connectivity index (χ1v) is 10.6. The minimum Gasteiger partial charge on any atom is -0.475 e. The summed E-state index contributed by atoms with van der Waals surface area (Å²) in [7, 11) is 1.76. The molecule has 1 N–H and O–H groups in total. The summed E-state index contributed by atoms with van der Waals surface area (Å²) in [4.78, 5) is 30.0. The molecule has 0 aromatic carbocycles. The number of aromatic nitrogens is 4. The van der Waals surface area contributed by atoms with Crippen LogP contribution in [0.2, 0.25) is 0 Å². The Morgan fingerprint density at radius 2 is 1.94 bits per heavy atom. The molecule has 188 valence electrons. The summed E-state index contributed by atoms with van der Waals surface area (Å²) in [6.07, 6.45) is -1.55. The third-order valence-electron chi connectivity index (χ3n) is 5.75. The van der Waals surface area contributed by atoms with E-state index in [4.69, 9.17) is 19.2 Å². The predicted molar refractivity (Wildman–Crippen MR) is 110 cm³/mol. The normalized spacial score (nSPS) is 21.3. The van der Waals surface area contributed by atoms with Gasteiger partial charge in [0.2, 0.25) is 5.82 Å². The summed E-state index contributed by atoms with van der Waals surface area (Å²) >= 11 is 0. The van der Waals surface area contributed by atoms with E-state index < -0.39 is 12.1 Å². The number of carboxylic acid groups (broad SMARTS) is 1. The second-order valence-corrected chi connectivity index (χ2v) is 8.42. The zero-order chi connectivity index (χ0) is 25.1. The van der Waals surface area contributed by atoms with Gasteiger partial charge in [-0.15, -0.1) is 5.10 Å². The quantitative estimate of drug-likeness (QED) is 0.685. The number of aryl methyl sites for hydroxylation is 3. The molecule has 0 aliphatic carbocycles. The number of morpholine rings is 1. The average Bonchev–Trinajstić information content (AvgIpc) is 3.33. The van der Waals surface area contributed by atoms with Crippen molar-refractivity contribution in [2.24, 2.45) is 7.05 Å². The fourth-order valence-electron chi connectivity index (χ4n) is 4.12. The Morgan fingerprint density at radius 1 is 1.24 bits per heavy atom. The molecule has 1 amide bonds. The highest BCUT2D eigenvalue weighted by atomic mass is 19.4. The Hall–Kier alpha value is -3.00. The van der Waals surface area contributed by atoms with E-state index in [1.165, 1.54) is 0 Å². The van der Waals surface area contributed by atoms with E-state index in [9.17, 15) is 18.0 Å². The maximum absolute atomic E-state index is 12.8. The second-order valence-electron chi connectivity index (χ2n) is 8.42. The molecule has 4 heterocycles. The minimum absolute atomic E-state index is 0.124. The van der Waals surface area contributed by atoms with Gasteiger partial charge < -0.3 is 19.3 Å². The number of nitrogens with zero attached hydrogens (tertiary/aromatic N) is 6. The Bertz CT molecular complexity index is 999. The van der Waals surface area contributed by atoms with Crippen LogP contribution in [-0.2, 0) is 23.1 Å². The maximum atomic E-state index is 12.8. The van der Waals surface area contributed by atoms with Gasteiger partial charge in [-0.3, -0.25) is 14.4 Å². The van der Waals surface area contributed by atoms with Crippen molar-refractivity contribution in [3.05, 3.63) is 29.2 Å². The highest BCUT2D eigenvalue weighted by Crippen LogP contribution is 2.31. The molecule has 14 heteroatoms. The summed E-state index contributed by atoms with van der Waals surface area (Å²) in [6.45, 7) is 8.20. The van der Waals surface area contributed by atoms with Gasteiger partial charge in [-0.1, -0.05) is 5.16 Å². The molecule has 1 atom stereocenters. The SMILES string of the molecule is Cc1noc(C)c1CN1CCCC2(C1)CN(C(=O)c1ncn(C)n1)CCO2.O=C(O)C(F)(F)F. The van der Waals surface area contributed by atoms with Crippen LogP contribution in [0.1, 0.15) is 40.5 Å². The lowest BCUT2D eigenvalue weighted by atomic mass is 9.90. The van der Waals surface area contributed by atoms with Crippen molar-refractivity contribution in [1.82, 2.24) is 29.7 Å². The number of carboxylic acids is 1. The monoisotopic (exact) mass is 488 g/mol. The zero-order valence-electron chi connectivity index (χ0n) is 19.1. The smallest absolute Gasteiger partial charge is 0.475 e. The molecule has 34 heavy (non-hydrogen) atoms. The number of carbonyl (C=O) groups excluding carboxylic acids is 1. The lowest BCUT2D eigenvalue weighted by molar-refractivity contribution is -0.192. The van der Waals surface area contributed by atoms with E-state index >= 15 is 0 Å². The number of ether oxygens (including phenoxy) is 1. The number of alkyl halides is 3. The molecule has 2 saturated heterocycles. The summed E-state index contributed by atoms with van der Waals surface area (Å²) in [6, 6.07) is 0. The van der Waals surface area contributed by atoms with E-state index in [-0.39, 0.29) is 17.3 Å². The topological polar surface area (TPSA) is 127 Å². The number of carbonyl (C=O) groups is 2. The molecule has 0 radical (unpaired) electrons. The number of aliphatic carboxylic acids is 1. The number of piperidine rings is 1. The molecule has 4 rings (SSSR count). The number of hydrogen-bond acceptors (Lipinski definition) is 8. The molecule has 2 aromatic rings. The summed E-state index contributed by atoms with van der Waals surface area (Å²) < 4.78 is 44.8. The highest BCUT2D eigenvalue weighted by Gasteiger charge is 2.42. The van der Waals surface area contributed by atoms with Crippen molar-refractivity contribution in [3.63, 3.8) is 0 Å². The first-order chi connectivity index (χ1) is 15.9. The Kier molecular flexibility index (Phi) is 7.60. The lowest BCUT2D eigenvalue weighted by Crippen LogP contribution is -2.60. The van der Waals surface area contributed by atoms with Gasteiger partial charge in [-0.25, -0.2) is 9.78 Å². The van der Waals surface area contributed by atoms with Crippen LogP contribution in [0, 0.1) is 13.8 Å². The van der Waals surface area contributed by atoms with Crippen molar-refractivity contribution in [3.8, 4) is 0 Å².